The van der Waals surface area contributed by atoms with Crippen LogP contribution >= 0.6 is 11.8 Å². The highest BCUT2D eigenvalue weighted by Gasteiger charge is 2.22. The number of hydrogen-bond acceptors (Lipinski definition) is 4. The van der Waals surface area contributed by atoms with Gasteiger partial charge in [0, 0.05) is 12.1 Å². The number of para-hydroxylation sites is 2. The van der Waals surface area contributed by atoms with E-state index in [2.05, 4.69) is 14.8 Å². The third kappa shape index (κ3) is 4.17. The maximum absolute atomic E-state index is 13.3. The van der Waals surface area contributed by atoms with Crippen molar-refractivity contribution in [3.05, 3.63) is 59.9 Å². The summed E-state index contributed by atoms with van der Waals surface area (Å²) >= 11 is 1.40. The number of fused-ring (bicyclic) bond motifs is 3. The molecule has 6 nitrogen and oxygen atoms in total. The SMILES string of the molecule is CC(C)N(C(=O)CSc1nnc2n(Cc3ccc(F)cc3)c3ccccc3n12)C(C)C. The van der Waals surface area contributed by atoms with Crippen LogP contribution in [-0.2, 0) is 11.3 Å². The van der Waals surface area contributed by atoms with E-state index in [4.69, 9.17) is 0 Å². The number of aromatic nitrogens is 4. The summed E-state index contributed by atoms with van der Waals surface area (Å²) < 4.78 is 17.4. The minimum atomic E-state index is -0.256. The summed E-state index contributed by atoms with van der Waals surface area (Å²) in [6, 6.07) is 14.8. The fraction of sp³-hybridized carbons (Fsp3) is 0.348. The maximum atomic E-state index is 13.3. The zero-order valence-electron chi connectivity index (χ0n) is 18.1. The Kier molecular flexibility index (Phi) is 6.00. The number of carbonyl (C=O) groups is 1. The van der Waals surface area contributed by atoms with Gasteiger partial charge in [0.2, 0.25) is 11.7 Å². The number of amides is 1. The van der Waals surface area contributed by atoms with Crippen LogP contribution in [0.4, 0.5) is 4.39 Å². The van der Waals surface area contributed by atoms with E-state index in [0.29, 0.717) is 23.2 Å². The molecule has 4 aromatic rings. The van der Waals surface area contributed by atoms with E-state index in [1.54, 1.807) is 12.1 Å². The van der Waals surface area contributed by atoms with Crippen molar-refractivity contribution in [1.82, 2.24) is 24.1 Å². The summed E-state index contributed by atoms with van der Waals surface area (Å²) in [5.41, 5.74) is 2.96. The topological polar surface area (TPSA) is 55.4 Å². The Balaban J connectivity index is 1.68. The summed E-state index contributed by atoms with van der Waals surface area (Å²) in [5.74, 6) is 0.829. The molecule has 0 aliphatic heterocycles. The van der Waals surface area contributed by atoms with Crippen molar-refractivity contribution < 1.29 is 9.18 Å². The summed E-state index contributed by atoms with van der Waals surface area (Å²) in [7, 11) is 0. The molecule has 0 radical (unpaired) electrons. The number of benzene rings is 2. The molecule has 2 aromatic carbocycles. The molecule has 0 spiro atoms. The number of halogens is 1. The molecule has 2 aromatic heterocycles. The molecule has 31 heavy (non-hydrogen) atoms. The van der Waals surface area contributed by atoms with Crippen LogP contribution in [0.2, 0.25) is 0 Å². The average molecular weight is 440 g/mol. The molecule has 0 N–H and O–H groups in total. The highest BCUT2D eigenvalue weighted by atomic mass is 32.2. The van der Waals surface area contributed by atoms with Crippen LogP contribution in [0.5, 0.6) is 0 Å². The summed E-state index contributed by atoms with van der Waals surface area (Å²) in [6.07, 6.45) is 0. The van der Waals surface area contributed by atoms with Gasteiger partial charge in [0.15, 0.2) is 5.16 Å². The number of imidazole rings is 1. The lowest BCUT2D eigenvalue weighted by Crippen LogP contribution is -2.43. The molecule has 0 saturated carbocycles. The number of thioether (sulfide) groups is 1. The van der Waals surface area contributed by atoms with Gasteiger partial charge in [-0.3, -0.25) is 9.20 Å². The van der Waals surface area contributed by atoms with E-state index in [1.165, 1.54) is 23.9 Å². The molecule has 0 fully saturated rings. The van der Waals surface area contributed by atoms with Crippen LogP contribution in [0.1, 0.15) is 33.3 Å². The fourth-order valence-corrected chi connectivity index (χ4v) is 4.84. The first-order chi connectivity index (χ1) is 14.9. The zero-order chi connectivity index (χ0) is 22.1. The Morgan fingerprint density at radius 1 is 1.00 bits per heavy atom. The van der Waals surface area contributed by atoms with Gasteiger partial charge in [0.1, 0.15) is 5.82 Å². The van der Waals surface area contributed by atoms with Crippen molar-refractivity contribution in [1.29, 1.82) is 0 Å². The molecule has 162 valence electrons. The first-order valence-corrected chi connectivity index (χ1v) is 11.4. The lowest BCUT2D eigenvalue weighted by molar-refractivity contribution is -0.131. The average Bonchev–Trinajstić information content (AvgIpc) is 3.27. The molecule has 0 aliphatic rings. The van der Waals surface area contributed by atoms with E-state index in [0.717, 1.165) is 16.6 Å². The number of rotatable bonds is 7. The summed E-state index contributed by atoms with van der Waals surface area (Å²) in [6.45, 7) is 8.66. The predicted molar refractivity (Wildman–Crippen MR) is 122 cm³/mol. The van der Waals surface area contributed by atoms with Gasteiger partial charge in [-0.2, -0.15) is 0 Å². The van der Waals surface area contributed by atoms with Crippen molar-refractivity contribution >= 4 is 34.5 Å². The van der Waals surface area contributed by atoms with Crippen LogP contribution in [0.3, 0.4) is 0 Å². The summed E-state index contributed by atoms with van der Waals surface area (Å²) in [4.78, 5) is 14.7. The monoisotopic (exact) mass is 439 g/mol. The van der Waals surface area contributed by atoms with E-state index >= 15 is 0 Å². The van der Waals surface area contributed by atoms with Gasteiger partial charge < -0.3 is 9.47 Å². The van der Waals surface area contributed by atoms with Crippen molar-refractivity contribution in [3.8, 4) is 0 Å². The molecule has 0 unspecified atom stereocenters. The van der Waals surface area contributed by atoms with E-state index in [9.17, 15) is 9.18 Å². The Hall–Kier alpha value is -2.87. The van der Waals surface area contributed by atoms with Crippen LogP contribution < -0.4 is 0 Å². The van der Waals surface area contributed by atoms with Crippen LogP contribution in [0, 0.1) is 5.82 Å². The van der Waals surface area contributed by atoms with Gasteiger partial charge in [-0.05, 0) is 57.5 Å². The van der Waals surface area contributed by atoms with Gasteiger partial charge in [-0.1, -0.05) is 36.0 Å². The van der Waals surface area contributed by atoms with Crippen LogP contribution in [-0.4, -0.2) is 47.8 Å². The molecule has 8 heteroatoms. The molecule has 0 saturated heterocycles. The number of carbonyl (C=O) groups excluding carboxylic acids is 1. The number of nitrogens with zero attached hydrogens (tertiary/aromatic N) is 5. The van der Waals surface area contributed by atoms with E-state index < -0.39 is 0 Å². The Morgan fingerprint density at radius 2 is 1.65 bits per heavy atom. The highest BCUT2D eigenvalue weighted by molar-refractivity contribution is 7.99. The molecular weight excluding hydrogens is 413 g/mol. The predicted octanol–water partition coefficient (Wildman–Crippen LogP) is 4.61. The van der Waals surface area contributed by atoms with Crippen LogP contribution in [0.25, 0.3) is 16.8 Å². The minimum absolute atomic E-state index is 0.0850. The molecule has 2 heterocycles. The number of hydrogen-bond donors (Lipinski definition) is 0. The lowest BCUT2D eigenvalue weighted by Gasteiger charge is -2.30. The Morgan fingerprint density at radius 3 is 2.29 bits per heavy atom. The Bertz CT molecular complexity index is 1200. The molecule has 4 rings (SSSR count). The largest absolute Gasteiger partial charge is 0.337 e. The molecule has 1 amide bonds. The third-order valence-corrected chi connectivity index (χ3v) is 6.16. The van der Waals surface area contributed by atoms with Crippen molar-refractivity contribution in [2.24, 2.45) is 0 Å². The zero-order valence-corrected chi connectivity index (χ0v) is 18.9. The fourth-order valence-electron chi connectivity index (χ4n) is 4.03. The molecule has 0 bridgehead atoms. The minimum Gasteiger partial charge on any atom is -0.337 e. The first-order valence-electron chi connectivity index (χ1n) is 10.4. The smallest absolute Gasteiger partial charge is 0.237 e. The van der Waals surface area contributed by atoms with Gasteiger partial charge >= 0.3 is 0 Å². The standard InChI is InChI=1S/C23H26FN5OS/c1-15(2)28(16(3)4)21(30)14-31-23-26-25-22-27(13-17-9-11-18(24)12-10-17)19-7-5-6-8-20(19)29(22)23/h5-12,15-16H,13-14H2,1-4H3. The highest BCUT2D eigenvalue weighted by Crippen LogP contribution is 2.27. The second kappa shape index (κ2) is 8.70. The van der Waals surface area contributed by atoms with Gasteiger partial charge in [-0.15, -0.1) is 10.2 Å². The molecular formula is C23H26FN5OS. The van der Waals surface area contributed by atoms with Gasteiger partial charge in [0.05, 0.1) is 23.3 Å². The van der Waals surface area contributed by atoms with Crippen LogP contribution in [0.15, 0.2) is 53.7 Å². The van der Waals surface area contributed by atoms with E-state index in [-0.39, 0.29) is 23.8 Å². The van der Waals surface area contributed by atoms with E-state index in [1.807, 2.05) is 61.3 Å². The normalized spacial score (nSPS) is 11.8. The Labute approximate surface area is 185 Å². The van der Waals surface area contributed by atoms with Crippen molar-refractivity contribution in [2.45, 2.75) is 51.5 Å². The molecule has 0 atom stereocenters. The second-order valence-corrected chi connectivity index (χ2v) is 9.04. The van der Waals surface area contributed by atoms with Gasteiger partial charge in [0.25, 0.3) is 0 Å². The second-order valence-electron chi connectivity index (χ2n) is 8.10. The summed E-state index contributed by atoms with van der Waals surface area (Å²) in [5, 5.41) is 9.47. The van der Waals surface area contributed by atoms with Gasteiger partial charge in [-0.25, -0.2) is 4.39 Å². The lowest BCUT2D eigenvalue weighted by atomic mass is 10.2. The van der Waals surface area contributed by atoms with Crippen molar-refractivity contribution in [3.63, 3.8) is 0 Å². The first kappa shape index (κ1) is 21.4. The van der Waals surface area contributed by atoms with Crippen molar-refractivity contribution in [2.75, 3.05) is 5.75 Å². The maximum Gasteiger partial charge on any atom is 0.237 e. The third-order valence-electron chi connectivity index (χ3n) is 5.25. The molecule has 0 aliphatic carbocycles. The quantitative estimate of drug-likeness (QED) is 0.395.